The molecule has 0 unspecified atom stereocenters. The van der Waals surface area contributed by atoms with Crippen molar-refractivity contribution in [2.75, 3.05) is 32.0 Å². The van der Waals surface area contributed by atoms with Crippen molar-refractivity contribution in [3.05, 3.63) is 60.2 Å². The molecule has 0 radical (unpaired) electrons. The molecular formula is C25H35N3O6S. The Balaban J connectivity index is 1.80. The molecule has 0 aromatic heterocycles. The summed E-state index contributed by atoms with van der Waals surface area (Å²) in [6.45, 7) is 4.67. The van der Waals surface area contributed by atoms with Gasteiger partial charge in [-0.2, -0.15) is 4.31 Å². The molecule has 3 rings (SSSR count). The fourth-order valence-electron chi connectivity index (χ4n) is 3.90. The third kappa shape index (κ3) is 7.93. The number of aliphatic hydroxyl groups is 1. The summed E-state index contributed by atoms with van der Waals surface area (Å²) >= 11 is 0. The van der Waals surface area contributed by atoms with Gasteiger partial charge in [-0.1, -0.05) is 44.2 Å². The second-order valence-corrected chi connectivity index (χ2v) is 11.1. The molecule has 0 aliphatic carbocycles. The van der Waals surface area contributed by atoms with Crippen molar-refractivity contribution >= 4 is 21.8 Å². The summed E-state index contributed by atoms with van der Waals surface area (Å²) in [7, 11) is -3.90. The number of aliphatic hydroxyl groups excluding tert-OH is 1. The van der Waals surface area contributed by atoms with Gasteiger partial charge in [0.05, 0.1) is 30.3 Å². The molecule has 3 atom stereocenters. The van der Waals surface area contributed by atoms with E-state index in [0.717, 1.165) is 5.56 Å². The van der Waals surface area contributed by atoms with Crippen molar-refractivity contribution in [2.45, 2.75) is 49.8 Å². The Labute approximate surface area is 207 Å². The standard InChI is InChI=1S/C25H35N3O6S/c1-18(2)15-28(35(31,32)22-10-8-20(26)9-11-22)16-24(29)23(14-19-6-4-3-5-7-19)27-25(30)34-21-12-13-33-17-21/h3-11,18,21,23-24,29H,12-17,26H2,1-2H3,(H,27,30)/t21-,23-,24-/m0/s1. The minimum absolute atomic E-state index is 0.0126. The largest absolute Gasteiger partial charge is 0.444 e. The molecule has 9 nitrogen and oxygen atoms in total. The van der Waals surface area contributed by atoms with Crippen LogP contribution in [0.4, 0.5) is 10.5 Å². The SMILES string of the molecule is CC(C)CN(C[C@H](O)[C@H](Cc1ccccc1)NC(=O)O[C@H]1CCOC1)S(=O)(=O)c1ccc(N)cc1. The molecule has 192 valence electrons. The molecular weight excluding hydrogens is 470 g/mol. The van der Waals surface area contributed by atoms with E-state index >= 15 is 0 Å². The number of anilines is 1. The van der Waals surface area contributed by atoms with Crippen LogP contribution in [-0.4, -0.2) is 68.5 Å². The lowest BCUT2D eigenvalue weighted by molar-refractivity contribution is 0.0644. The maximum absolute atomic E-state index is 13.4. The molecule has 1 fully saturated rings. The first-order valence-corrected chi connectivity index (χ1v) is 13.2. The van der Waals surface area contributed by atoms with E-state index in [1.807, 2.05) is 44.2 Å². The monoisotopic (exact) mass is 505 g/mol. The number of amides is 1. The van der Waals surface area contributed by atoms with Gasteiger partial charge in [0.15, 0.2) is 0 Å². The Hall–Kier alpha value is -2.66. The van der Waals surface area contributed by atoms with Gasteiger partial charge in [0, 0.05) is 25.2 Å². The number of carbonyl (C=O) groups excluding carboxylic acids is 1. The fraction of sp³-hybridized carbons (Fsp3) is 0.480. The Morgan fingerprint density at radius 3 is 2.46 bits per heavy atom. The Kier molecular flexibility index (Phi) is 9.50. The molecule has 0 bridgehead atoms. The zero-order valence-electron chi connectivity index (χ0n) is 20.2. The summed E-state index contributed by atoms with van der Waals surface area (Å²) in [5.74, 6) is 0.0126. The van der Waals surface area contributed by atoms with Crippen molar-refractivity contribution in [2.24, 2.45) is 5.92 Å². The Morgan fingerprint density at radius 2 is 1.86 bits per heavy atom. The number of hydrogen-bond donors (Lipinski definition) is 3. The third-order valence-electron chi connectivity index (χ3n) is 5.71. The summed E-state index contributed by atoms with van der Waals surface area (Å²) in [6.07, 6.45) is -1.29. The normalized spacial score (nSPS) is 17.9. The number of nitrogen functional groups attached to an aromatic ring is 1. The zero-order chi connectivity index (χ0) is 25.4. The number of nitrogens with two attached hydrogens (primary N) is 1. The highest BCUT2D eigenvalue weighted by Gasteiger charge is 2.32. The quantitative estimate of drug-likeness (QED) is 0.400. The van der Waals surface area contributed by atoms with Crippen LogP contribution < -0.4 is 11.1 Å². The first kappa shape index (κ1) is 26.9. The van der Waals surface area contributed by atoms with Crippen LogP contribution in [0.15, 0.2) is 59.5 Å². The number of benzene rings is 2. The van der Waals surface area contributed by atoms with Gasteiger partial charge in [0.2, 0.25) is 10.0 Å². The Bertz CT molecular complexity index is 1040. The molecule has 2 aromatic rings. The molecule has 4 N–H and O–H groups in total. The molecule has 0 spiro atoms. The lowest BCUT2D eigenvalue weighted by Crippen LogP contribution is -2.51. The smallest absolute Gasteiger partial charge is 0.407 e. The van der Waals surface area contributed by atoms with E-state index in [2.05, 4.69) is 5.32 Å². The number of ether oxygens (including phenoxy) is 2. The summed E-state index contributed by atoms with van der Waals surface area (Å²) in [4.78, 5) is 12.7. The lowest BCUT2D eigenvalue weighted by atomic mass is 10.0. The lowest BCUT2D eigenvalue weighted by Gasteiger charge is -2.30. The zero-order valence-corrected chi connectivity index (χ0v) is 21.0. The van der Waals surface area contributed by atoms with Crippen LogP contribution in [0.1, 0.15) is 25.8 Å². The number of alkyl carbamates (subject to hydrolysis) is 1. The molecule has 2 aromatic carbocycles. The molecule has 0 saturated carbocycles. The topological polar surface area (TPSA) is 131 Å². The highest BCUT2D eigenvalue weighted by Crippen LogP contribution is 2.20. The van der Waals surface area contributed by atoms with Crippen LogP contribution in [0.5, 0.6) is 0 Å². The average Bonchev–Trinajstić information content (AvgIpc) is 3.31. The van der Waals surface area contributed by atoms with Crippen molar-refractivity contribution in [3.63, 3.8) is 0 Å². The number of nitrogens with zero attached hydrogens (tertiary/aromatic N) is 1. The first-order chi connectivity index (χ1) is 16.6. The predicted octanol–water partition coefficient (Wildman–Crippen LogP) is 2.40. The van der Waals surface area contributed by atoms with Gasteiger partial charge in [-0.25, -0.2) is 13.2 Å². The Morgan fingerprint density at radius 1 is 1.17 bits per heavy atom. The first-order valence-electron chi connectivity index (χ1n) is 11.8. The van der Waals surface area contributed by atoms with Gasteiger partial charge in [-0.15, -0.1) is 0 Å². The second kappa shape index (κ2) is 12.3. The van der Waals surface area contributed by atoms with Crippen LogP contribution >= 0.6 is 0 Å². The fourth-order valence-corrected chi connectivity index (χ4v) is 5.52. The molecule has 10 heteroatoms. The van der Waals surface area contributed by atoms with Crippen LogP contribution in [-0.2, 0) is 25.9 Å². The van der Waals surface area contributed by atoms with E-state index in [1.165, 1.54) is 28.6 Å². The van der Waals surface area contributed by atoms with Crippen LogP contribution in [0.3, 0.4) is 0 Å². The van der Waals surface area contributed by atoms with Crippen LogP contribution in [0, 0.1) is 5.92 Å². The molecule has 1 aliphatic rings. The number of hydrogen-bond acceptors (Lipinski definition) is 7. The van der Waals surface area contributed by atoms with E-state index in [0.29, 0.717) is 31.7 Å². The van der Waals surface area contributed by atoms with Gasteiger partial charge in [-0.3, -0.25) is 0 Å². The van der Waals surface area contributed by atoms with Gasteiger partial charge in [0.1, 0.15) is 6.10 Å². The van der Waals surface area contributed by atoms with E-state index in [1.54, 1.807) is 0 Å². The minimum Gasteiger partial charge on any atom is -0.444 e. The van der Waals surface area contributed by atoms with Gasteiger partial charge in [0.25, 0.3) is 0 Å². The van der Waals surface area contributed by atoms with Crippen LogP contribution in [0.25, 0.3) is 0 Å². The minimum atomic E-state index is -3.90. The number of nitrogens with one attached hydrogen (secondary N) is 1. The highest BCUT2D eigenvalue weighted by molar-refractivity contribution is 7.89. The molecule has 1 heterocycles. The van der Waals surface area contributed by atoms with Gasteiger partial charge in [-0.05, 0) is 42.2 Å². The van der Waals surface area contributed by atoms with Gasteiger partial charge < -0.3 is 25.6 Å². The number of carbonyl (C=O) groups is 1. The molecule has 1 aliphatic heterocycles. The number of rotatable bonds is 11. The molecule has 1 amide bonds. The van der Waals surface area contributed by atoms with Crippen molar-refractivity contribution in [3.8, 4) is 0 Å². The summed E-state index contributed by atoms with van der Waals surface area (Å²) in [5, 5.41) is 13.9. The third-order valence-corrected chi connectivity index (χ3v) is 7.55. The van der Waals surface area contributed by atoms with E-state index < -0.39 is 28.3 Å². The maximum atomic E-state index is 13.4. The van der Waals surface area contributed by atoms with Crippen molar-refractivity contribution in [1.29, 1.82) is 0 Å². The molecule has 1 saturated heterocycles. The van der Waals surface area contributed by atoms with E-state index in [-0.39, 0.29) is 30.0 Å². The maximum Gasteiger partial charge on any atom is 0.407 e. The second-order valence-electron chi connectivity index (χ2n) is 9.18. The predicted molar refractivity (Wildman–Crippen MR) is 133 cm³/mol. The van der Waals surface area contributed by atoms with E-state index in [4.69, 9.17) is 15.2 Å². The highest BCUT2D eigenvalue weighted by atomic mass is 32.2. The van der Waals surface area contributed by atoms with Gasteiger partial charge >= 0.3 is 6.09 Å². The molecule has 35 heavy (non-hydrogen) atoms. The average molecular weight is 506 g/mol. The van der Waals surface area contributed by atoms with Crippen LogP contribution in [0.2, 0.25) is 0 Å². The summed E-state index contributed by atoms with van der Waals surface area (Å²) < 4.78 is 38.7. The summed E-state index contributed by atoms with van der Waals surface area (Å²) in [5.41, 5.74) is 7.06. The number of sulfonamides is 1. The van der Waals surface area contributed by atoms with Crippen molar-refractivity contribution in [1.82, 2.24) is 9.62 Å². The summed E-state index contributed by atoms with van der Waals surface area (Å²) in [6, 6.07) is 14.6. The van der Waals surface area contributed by atoms with Crippen molar-refractivity contribution < 1.29 is 27.8 Å². The van der Waals surface area contributed by atoms with E-state index in [9.17, 15) is 18.3 Å².